The Labute approximate surface area is 129 Å². The van der Waals surface area contributed by atoms with Gasteiger partial charge in [0.2, 0.25) is 0 Å². The van der Waals surface area contributed by atoms with E-state index in [1.165, 1.54) is 16.7 Å². The van der Waals surface area contributed by atoms with Crippen LogP contribution in [-0.4, -0.2) is 39.7 Å². The van der Waals surface area contributed by atoms with Crippen LogP contribution in [0.1, 0.15) is 11.1 Å². The number of hydrogen-bond donors (Lipinski definition) is 2. The number of benzene rings is 1. The number of aliphatic carboxylic acids is 1. The molecule has 0 aromatic heterocycles. The second-order valence-electron chi connectivity index (χ2n) is 4.69. The summed E-state index contributed by atoms with van der Waals surface area (Å²) in [4.78, 5) is 24.7. The van der Waals surface area contributed by atoms with Crippen LogP contribution in [0.25, 0.3) is 0 Å². The van der Waals surface area contributed by atoms with E-state index in [2.05, 4.69) is 21.2 Å². The number of anilines is 1. The molecule has 0 saturated carbocycles. The zero-order chi connectivity index (χ0) is 14.9. The summed E-state index contributed by atoms with van der Waals surface area (Å²) in [6.45, 7) is 3.88. The first-order valence-electron chi connectivity index (χ1n) is 6.05. The Balaban J connectivity index is 2.18. The van der Waals surface area contributed by atoms with Gasteiger partial charge < -0.3 is 15.3 Å². The predicted molar refractivity (Wildman–Crippen MR) is 83.2 cm³/mol. The molecule has 0 aliphatic carbocycles. The van der Waals surface area contributed by atoms with Crippen molar-refractivity contribution in [3.63, 3.8) is 0 Å². The van der Waals surface area contributed by atoms with Gasteiger partial charge in [-0.3, -0.25) is 0 Å². The van der Waals surface area contributed by atoms with E-state index >= 15 is 0 Å². The molecule has 5 nitrogen and oxygen atoms in total. The molecule has 20 heavy (non-hydrogen) atoms. The molecule has 1 aromatic rings. The standard InChI is InChI=1S/C13H15BrN2O3S/c1-7-3-8(2)11(9(14)4-7)15-13(19)16-6-20-5-10(16)12(17)18/h3-4,10H,5-6H2,1-2H3,(H,15,19)(H,17,18). The number of aryl methyl sites for hydroxylation is 2. The van der Waals surface area contributed by atoms with Crippen LogP contribution in [0.4, 0.5) is 10.5 Å². The van der Waals surface area contributed by atoms with Crippen LogP contribution in [-0.2, 0) is 4.79 Å². The highest BCUT2D eigenvalue weighted by Crippen LogP contribution is 2.29. The monoisotopic (exact) mass is 358 g/mol. The van der Waals surface area contributed by atoms with E-state index in [0.29, 0.717) is 17.3 Å². The SMILES string of the molecule is Cc1cc(C)c(NC(=O)N2CSCC2C(=O)O)c(Br)c1. The first-order chi connectivity index (χ1) is 9.40. The van der Waals surface area contributed by atoms with Gasteiger partial charge in [-0.2, -0.15) is 0 Å². The quantitative estimate of drug-likeness (QED) is 0.852. The van der Waals surface area contributed by atoms with Gasteiger partial charge in [-0.05, 0) is 47.0 Å². The average molecular weight is 359 g/mol. The summed E-state index contributed by atoms with van der Waals surface area (Å²) in [5, 5.41) is 11.9. The fraction of sp³-hybridized carbons (Fsp3) is 0.385. The van der Waals surface area contributed by atoms with Crippen molar-refractivity contribution in [1.82, 2.24) is 4.90 Å². The molecule has 7 heteroatoms. The zero-order valence-corrected chi connectivity index (χ0v) is 13.5. The molecule has 0 spiro atoms. The average Bonchev–Trinajstić information content (AvgIpc) is 2.82. The minimum absolute atomic E-state index is 0.380. The van der Waals surface area contributed by atoms with Gasteiger partial charge in [0.1, 0.15) is 6.04 Å². The molecule has 1 heterocycles. The smallest absolute Gasteiger partial charge is 0.327 e. The molecular weight excluding hydrogens is 344 g/mol. The Hall–Kier alpha value is -1.21. The van der Waals surface area contributed by atoms with E-state index in [1.807, 2.05) is 26.0 Å². The molecule has 1 aromatic carbocycles. The van der Waals surface area contributed by atoms with Crippen molar-refractivity contribution in [3.05, 3.63) is 27.7 Å². The summed E-state index contributed by atoms with van der Waals surface area (Å²) in [6, 6.07) is 2.74. The van der Waals surface area contributed by atoms with Gasteiger partial charge in [0.25, 0.3) is 0 Å². The minimum atomic E-state index is -0.968. The van der Waals surface area contributed by atoms with Gasteiger partial charge in [-0.15, -0.1) is 11.8 Å². The number of thioether (sulfide) groups is 1. The molecule has 1 atom stereocenters. The molecule has 2 N–H and O–H groups in total. The van der Waals surface area contributed by atoms with Crippen LogP contribution in [0.15, 0.2) is 16.6 Å². The lowest BCUT2D eigenvalue weighted by atomic mass is 10.1. The minimum Gasteiger partial charge on any atom is -0.480 e. The first-order valence-corrected chi connectivity index (χ1v) is 8.00. The largest absolute Gasteiger partial charge is 0.480 e. The van der Waals surface area contributed by atoms with Crippen LogP contribution in [0.2, 0.25) is 0 Å². The molecule has 2 rings (SSSR count). The maximum absolute atomic E-state index is 12.2. The summed E-state index contributed by atoms with van der Waals surface area (Å²) in [7, 11) is 0. The van der Waals surface area contributed by atoms with Crippen molar-refractivity contribution in [2.75, 3.05) is 16.9 Å². The van der Waals surface area contributed by atoms with Crippen molar-refractivity contribution in [2.45, 2.75) is 19.9 Å². The number of rotatable bonds is 2. The second-order valence-corrected chi connectivity index (χ2v) is 6.55. The summed E-state index contributed by atoms with van der Waals surface area (Å²) >= 11 is 4.87. The fourth-order valence-electron chi connectivity index (χ4n) is 2.10. The first kappa shape index (κ1) is 15.2. The van der Waals surface area contributed by atoms with Crippen LogP contribution < -0.4 is 5.32 Å². The number of carbonyl (C=O) groups excluding carboxylic acids is 1. The normalized spacial score (nSPS) is 18.1. The maximum Gasteiger partial charge on any atom is 0.327 e. The van der Waals surface area contributed by atoms with E-state index in [1.54, 1.807) is 0 Å². The van der Waals surface area contributed by atoms with Crippen molar-refractivity contribution in [2.24, 2.45) is 0 Å². The highest BCUT2D eigenvalue weighted by Gasteiger charge is 2.34. The number of hydrogen-bond acceptors (Lipinski definition) is 3. The Bertz CT molecular complexity index is 542. The molecule has 1 aliphatic rings. The summed E-state index contributed by atoms with van der Waals surface area (Å²) < 4.78 is 0.794. The van der Waals surface area contributed by atoms with Crippen LogP contribution >= 0.6 is 27.7 Å². The Morgan fingerprint density at radius 1 is 1.45 bits per heavy atom. The number of nitrogens with one attached hydrogen (secondary N) is 1. The van der Waals surface area contributed by atoms with Gasteiger partial charge in [0, 0.05) is 10.2 Å². The number of carbonyl (C=O) groups is 2. The summed E-state index contributed by atoms with van der Waals surface area (Å²) in [5.41, 5.74) is 2.71. The lowest BCUT2D eigenvalue weighted by molar-refractivity contribution is -0.140. The highest BCUT2D eigenvalue weighted by atomic mass is 79.9. The van der Waals surface area contributed by atoms with Gasteiger partial charge in [-0.25, -0.2) is 9.59 Å². The fourth-order valence-corrected chi connectivity index (χ4v) is 4.02. The van der Waals surface area contributed by atoms with Crippen LogP contribution in [0, 0.1) is 13.8 Å². The Morgan fingerprint density at radius 3 is 2.75 bits per heavy atom. The van der Waals surface area contributed by atoms with E-state index in [-0.39, 0.29) is 6.03 Å². The van der Waals surface area contributed by atoms with Crippen molar-refractivity contribution >= 4 is 45.4 Å². The van der Waals surface area contributed by atoms with Gasteiger partial charge in [0.05, 0.1) is 11.6 Å². The number of urea groups is 1. The second kappa shape index (κ2) is 6.05. The number of amides is 2. The van der Waals surface area contributed by atoms with E-state index < -0.39 is 12.0 Å². The highest BCUT2D eigenvalue weighted by molar-refractivity contribution is 9.10. The molecular formula is C13H15BrN2O3S. The lowest BCUT2D eigenvalue weighted by Gasteiger charge is -2.22. The van der Waals surface area contributed by atoms with Crippen molar-refractivity contribution < 1.29 is 14.7 Å². The molecule has 0 radical (unpaired) electrons. The molecule has 2 amide bonds. The van der Waals surface area contributed by atoms with Gasteiger partial charge in [-0.1, -0.05) is 6.07 Å². The third kappa shape index (κ3) is 3.09. The number of halogens is 1. The van der Waals surface area contributed by atoms with Crippen molar-refractivity contribution in [1.29, 1.82) is 0 Å². The molecule has 0 bridgehead atoms. The number of carboxylic acids is 1. The lowest BCUT2D eigenvalue weighted by Crippen LogP contribution is -2.44. The number of carboxylic acid groups (broad SMARTS) is 1. The molecule has 1 aliphatic heterocycles. The zero-order valence-electron chi connectivity index (χ0n) is 11.1. The van der Waals surface area contributed by atoms with E-state index in [9.17, 15) is 9.59 Å². The van der Waals surface area contributed by atoms with E-state index in [4.69, 9.17) is 5.11 Å². The third-order valence-electron chi connectivity index (χ3n) is 3.09. The summed E-state index contributed by atoms with van der Waals surface area (Å²) in [5.74, 6) is -0.146. The van der Waals surface area contributed by atoms with Crippen LogP contribution in [0.3, 0.4) is 0 Å². The van der Waals surface area contributed by atoms with Crippen LogP contribution in [0.5, 0.6) is 0 Å². The van der Waals surface area contributed by atoms with Crippen molar-refractivity contribution in [3.8, 4) is 0 Å². The Kier molecular flexibility index (Phi) is 4.59. The molecule has 1 fully saturated rings. The maximum atomic E-state index is 12.2. The third-order valence-corrected chi connectivity index (χ3v) is 4.73. The Morgan fingerprint density at radius 2 is 2.15 bits per heavy atom. The molecule has 1 saturated heterocycles. The van der Waals surface area contributed by atoms with E-state index in [0.717, 1.165) is 15.6 Å². The molecule has 1 unspecified atom stereocenters. The summed E-state index contributed by atoms with van der Waals surface area (Å²) in [6.07, 6.45) is 0. The van der Waals surface area contributed by atoms with Gasteiger partial charge >= 0.3 is 12.0 Å². The number of nitrogens with zero attached hydrogens (tertiary/aromatic N) is 1. The predicted octanol–water partition coefficient (Wildman–Crippen LogP) is 3.06. The topological polar surface area (TPSA) is 69.6 Å². The molecule has 108 valence electrons. The van der Waals surface area contributed by atoms with Gasteiger partial charge in [0.15, 0.2) is 0 Å².